The van der Waals surface area contributed by atoms with Gasteiger partial charge < -0.3 is 32.7 Å². The molecule has 1 aliphatic rings. The lowest BCUT2D eigenvalue weighted by atomic mass is 10.0. The van der Waals surface area contributed by atoms with E-state index in [1.165, 1.54) is 0 Å². The second-order valence-electron chi connectivity index (χ2n) is 4.71. The van der Waals surface area contributed by atoms with Crippen LogP contribution in [0.2, 0.25) is 0 Å². The standard InChI is InChI=1S/C12H24NO4/c1-2-3-4-5-6-13-9-8(7-14)10(15)12(17)11(9)16/h8-17H,1-7H2/q-1/t8-,9+,10+,11-,12-/m0/s1. The highest BCUT2D eigenvalue weighted by Crippen LogP contribution is 2.27. The molecule has 5 nitrogen and oxygen atoms in total. The molecule has 5 atom stereocenters. The Morgan fingerprint density at radius 1 is 0.941 bits per heavy atom. The molecular weight excluding hydrogens is 222 g/mol. The Morgan fingerprint density at radius 2 is 1.65 bits per heavy atom. The molecule has 0 amide bonds. The van der Waals surface area contributed by atoms with Crippen molar-refractivity contribution in [2.75, 3.05) is 13.2 Å². The lowest BCUT2D eigenvalue weighted by Gasteiger charge is -2.22. The maximum Gasteiger partial charge on any atom is 0.108 e. The van der Waals surface area contributed by atoms with E-state index >= 15 is 0 Å². The van der Waals surface area contributed by atoms with Crippen LogP contribution in [-0.2, 0) is 0 Å². The van der Waals surface area contributed by atoms with Gasteiger partial charge in [0.15, 0.2) is 0 Å². The molecule has 0 aliphatic heterocycles. The number of aliphatic hydroxyl groups is 4. The molecule has 17 heavy (non-hydrogen) atoms. The molecule has 0 heterocycles. The third-order valence-electron chi connectivity index (χ3n) is 3.49. The topological polar surface area (TPSA) is 93.0 Å². The van der Waals surface area contributed by atoms with Crippen LogP contribution >= 0.6 is 0 Å². The van der Waals surface area contributed by atoms with Crippen molar-refractivity contribution in [1.29, 1.82) is 0 Å². The fraction of sp³-hybridized carbons (Fsp3) is 0.917. The zero-order valence-electron chi connectivity index (χ0n) is 10.1. The minimum Gasteiger partial charge on any atom is -0.396 e. The van der Waals surface area contributed by atoms with Gasteiger partial charge in [-0.25, -0.2) is 0 Å². The zero-order valence-corrected chi connectivity index (χ0v) is 10.1. The first kappa shape index (κ1) is 14.9. The van der Waals surface area contributed by atoms with Gasteiger partial charge in [0, 0.05) is 12.0 Å². The van der Waals surface area contributed by atoms with Crippen LogP contribution in [0.3, 0.4) is 0 Å². The Hall–Kier alpha value is -0.200. The molecule has 0 radical (unpaired) electrons. The van der Waals surface area contributed by atoms with Gasteiger partial charge in [0.2, 0.25) is 0 Å². The third kappa shape index (κ3) is 3.63. The van der Waals surface area contributed by atoms with Crippen LogP contribution in [0.5, 0.6) is 0 Å². The van der Waals surface area contributed by atoms with Crippen LogP contribution < -0.4 is 5.32 Å². The highest BCUT2D eigenvalue weighted by atomic mass is 16.4. The van der Waals surface area contributed by atoms with Crippen LogP contribution in [-0.4, -0.2) is 57.9 Å². The Bertz CT molecular complexity index is 215. The summed E-state index contributed by atoms with van der Waals surface area (Å²) < 4.78 is 0. The highest BCUT2D eigenvalue weighted by molar-refractivity contribution is 5.01. The van der Waals surface area contributed by atoms with E-state index in [-0.39, 0.29) is 6.61 Å². The minimum atomic E-state index is -1.18. The molecule has 0 aromatic heterocycles. The smallest absolute Gasteiger partial charge is 0.108 e. The lowest BCUT2D eigenvalue weighted by molar-refractivity contribution is -0.0311. The molecule has 1 aliphatic carbocycles. The summed E-state index contributed by atoms with van der Waals surface area (Å²) >= 11 is 0. The number of nitrogens with one attached hydrogen (secondary N) is 1. The van der Waals surface area contributed by atoms with E-state index in [2.05, 4.69) is 12.2 Å². The Kier molecular flexibility index (Phi) is 6.37. The van der Waals surface area contributed by atoms with E-state index in [4.69, 9.17) is 5.11 Å². The summed E-state index contributed by atoms with van der Waals surface area (Å²) in [6.07, 6.45) is 0.760. The van der Waals surface area contributed by atoms with E-state index in [0.29, 0.717) is 6.54 Å². The molecule has 0 bridgehead atoms. The van der Waals surface area contributed by atoms with Gasteiger partial charge in [-0.1, -0.05) is 12.8 Å². The van der Waals surface area contributed by atoms with Crippen molar-refractivity contribution >= 4 is 0 Å². The molecule has 0 aromatic carbocycles. The fourth-order valence-electron chi connectivity index (χ4n) is 2.37. The average molecular weight is 246 g/mol. The molecule has 0 spiro atoms. The SMILES string of the molecule is [CH2-]CCCCCN[C@H]1[C@H](O)[C@@H](O)[C@H](O)[C@H]1CO. The highest BCUT2D eigenvalue weighted by Gasteiger charge is 2.47. The van der Waals surface area contributed by atoms with Crippen LogP contribution in [0.15, 0.2) is 0 Å². The summed E-state index contributed by atoms with van der Waals surface area (Å²) in [5.74, 6) is -0.507. The van der Waals surface area contributed by atoms with E-state index in [9.17, 15) is 15.3 Å². The second-order valence-corrected chi connectivity index (χ2v) is 4.71. The molecular formula is C12H24NO4-. The number of hydrogen-bond donors (Lipinski definition) is 5. The monoisotopic (exact) mass is 246 g/mol. The average Bonchev–Trinajstić information content (AvgIpc) is 2.53. The van der Waals surface area contributed by atoms with Gasteiger partial charge in [0.1, 0.15) is 6.10 Å². The van der Waals surface area contributed by atoms with Gasteiger partial charge in [-0.2, -0.15) is 6.42 Å². The van der Waals surface area contributed by atoms with Gasteiger partial charge in [-0.15, -0.1) is 0 Å². The van der Waals surface area contributed by atoms with Crippen LogP contribution in [0.4, 0.5) is 0 Å². The molecule has 5 N–H and O–H groups in total. The van der Waals surface area contributed by atoms with Gasteiger partial charge in [-0.3, -0.25) is 0 Å². The summed E-state index contributed by atoms with van der Waals surface area (Å²) in [4.78, 5) is 0. The summed E-state index contributed by atoms with van der Waals surface area (Å²) in [6, 6.07) is -0.440. The maximum absolute atomic E-state index is 9.74. The molecule has 1 saturated carbocycles. The summed E-state index contributed by atoms with van der Waals surface area (Å²) in [7, 11) is 0. The van der Waals surface area contributed by atoms with E-state index in [1.54, 1.807) is 0 Å². The van der Waals surface area contributed by atoms with E-state index in [0.717, 1.165) is 25.7 Å². The predicted octanol–water partition coefficient (Wildman–Crippen LogP) is -0.956. The number of unbranched alkanes of at least 4 members (excludes halogenated alkanes) is 3. The van der Waals surface area contributed by atoms with Gasteiger partial charge in [-0.05, 0) is 13.0 Å². The quantitative estimate of drug-likeness (QED) is 0.295. The molecule has 0 saturated heterocycles. The van der Waals surface area contributed by atoms with Crippen molar-refractivity contribution in [2.24, 2.45) is 5.92 Å². The van der Waals surface area contributed by atoms with Crippen molar-refractivity contribution in [3.63, 3.8) is 0 Å². The Morgan fingerprint density at radius 3 is 2.24 bits per heavy atom. The van der Waals surface area contributed by atoms with Gasteiger partial charge in [0.25, 0.3) is 0 Å². The molecule has 1 rings (SSSR count). The number of aliphatic hydroxyl groups excluding tert-OH is 4. The van der Waals surface area contributed by atoms with E-state index in [1.807, 2.05) is 0 Å². The molecule has 0 aromatic rings. The van der Waals surface area contributed by atoms with Crippen molar-refractivity contribution in [2.45, 2.75) is 50.0 Å². The summed E-state index contributed by atoms with van der Waals surface area (Å²) in [6.45, 7) is 4.22. The van der Waals surface area contributed by atoms with Crippen molar-refractivity contribution < 1.29 is 20.4 Å². The number of rotatable bonds is 7. The first-order valence-corrected chi connectivity index (χ1v) is 6.31. The second kappa shape index (κ2) is 7.28. The maximum atomic E-state index is 9.74. The van der Waals surface area contributed by atoms with Crippen molar-refractivity contribution in [3.8, 4) is 0 Å². The van der Waals surface area contributed by atoms with Crippen molar-refractivity contribution in [3.05, 3.63) is 6.92 Å². The molecule has 0 unspecified atom stereocenters. The summed E-state index contributed by atoms with van der Waals surface area (Å²) in [5, 5.41) is 41.1. The predicted molar refractivity (Wildman–Crippen MR) is 64.2 cm³/mol. The third-order valence-corrected chi connectivity index (χ3v) is 3.49. The van der Waals surface area contributed by atoms with Crippen molar-refractivity contribution in [1.82, 2.24) is 5.32 Å². The minimum absolute atomic E-state index is 0.244. The first-order valence-electron chi connectivity index (χ1n) is 6.31. The summed E-state index contributed by atoms with van der Waals surface area (Å²) in [5.41, 5.74) is 0. The molecule has 5 heteroatoms. The Balaban J connectivity index is 2.35. The Labute approximate surface area is 102 Å². The molecule has 102 valence electrons. The first-order chi connectivity index (χ1) is 8.13. The van der Waals surface area contributed by atoms with Gasteiger partial charge >= 0.3 is 0 Å². The zero-order chi connectivity index (χ0) is 12.8. The number of hydrogen-bond acceptors (Lipinski definition) is 5. The van der Waals surface area contributed by atoms with E-state index < -0.39 is 30.3 Å². The molecule has 1 fully saturated rings. The lowest BCUT2D eigenvalue weighted by Crippen LogP contribution is -2.44. The van der Waals surface area contributed by atoms with Crippen LogP contribution in [0, 0.1) is 12.8 Å². The van der Waals surface area contributed by atoms with Gasteiger partial charge in [0.05, 0.1) is 18.8 Å². The van der Waals surface area contributed by atoms with Crippen LogP contribution in [0.1, 0.15) is 25.7 Å². The van der Waals surface area contributed by atoms with Crippen LogP contribution in [0.25, 0.3) is 0 Å². The largest absolute Gasteiger partial charge is 0.396 e. The normalized spacial score (nSPS) is 37.6. The fourth-order valence-corrected chi connectivity index (χ4v) is 2.37.